The molecule has 1 atom stereocenters. The lowest BCUT2D eigenvalue weighted by molar-refractivity contribution is -0.139. The molecule has 2 rings (SSSR count). The zero-order valence-electron chi connectivity index (χ0n) is 19.1. The van der Waals surface area contributed by atoms with Crippen molar-refractivity contribution in [3.05, 3.63) is 63.6 Å². The van der Waals surface area contributed by atoms with Crippen molar-refractivity contribution in [3.8, 4) is 0 Å². The van der Waals surface area contributed by atoms with Gasteiger partial charge in [0.25, 0.3) is 0 Å². The van der Waals surface area contributed by atoms with E-state index in [1.165, 1.54) is 11.0 Å². The molecule has 2 aromatic rings. The highest BCUT2D eigenvalue weighted by atomic mass is 79.9. The van der Waals surface area contributed by atoms with Crippen molar-refractivity contribution >= 4 is 55.1 Å². The van der Waals surface area contributed by atoms with Crippen LogP contribution in [-0.2, 0) is 26.2 Å². The van der Waals surface area contributed by atoms with E-state index < -0.39 is 28.5 Å². The topological polar surface area (TPSA) is 86.8 Å². The lowest BCUT2D eigenvalue weighted by Gasteiger charge is -2.32. The Morgan fingerprint density at radius 2 is 1.76 bits per heavy atom. The average molecular weight is 559 g/mol. The Morgan fingerprint density at radius 3 is 2.33 bits per heavy atom. The summed E-state index contributed by atoms with van der Waals surface area (Å²) < 4.78 is 26.9. The number of benzene rings is 2. The van der Waals surface area contributed by atoms with Gasteiger partial charge in [-0.05, 0) is 42.7 Å². The second-order valence-corrected chi connectivity index (χ2v) is 11.4. The van der Waals surface area contributed by atoms with Gasteiger partial charge in [0.15, 0.2) is 0 Å². The van der Waals surface area contributed by atoms with Crippen LogP contribution in [0.2, 0.25) is 5.02 Å². The quantitative estimate of drug-likeness (QED) is 0.477. The molecule has 0 unspecified atom stereocenters. The second kappa shape index (κ2) is 11.9. The normalized spacial score (nSPS) is 12.3. The average Bonchev–Trinajstić information content (AvgIpc) is 2.73. The Bertz CT molecular complexity index is 1090. The third-order valence-corrected chi connectivity index (χ3v) is 6.83. The lowest BCUT2D eigenvalue weighted by Crippen LogP contribution is -2.51. The van der Waals surface area contributed by atoms with Crippen molar-refractivity contribution < 1.29 is 18.0 Å². The van der Waals surface area contributed by atoms with E-state index in [1.807, 2.05) is 38.1 Å². The minimum absolute atomic E-state index is 0.134. The number of halogens is 2. The maximum atomic E-state index is 13.4. The number of nitrogens with one attached hydrogen (secondary N) is 1. The van der Waals surface area contributed by atoms with Crippen molar-refractivity contribution in [1.82, 2.24) is 10.2 Å². The van der Waals surface area contributed by atoms with E-state index in [2.05, 4.69) is 21.2 Å². The number of amides is 2. The van der Waals surface area contributed by atoms with Crippen LogP contribution in [0.4, 0.5) is 5.69 Å². The molecule has 7 nitrogen and oxygen atoms in total. The molecule has 0 saturated heterocycles. The zero-order valence-corrected chi connectivity index (χ0v) is 22.2. The van der Waals surface area contributed by atoms with Gasteiger partial charge in [-0.25, -0.2) is 8.42 Å². The molecule has 0 aliphatic rings. The van der Waals surface area contributed by atoms with Crippen LogP contribution in [0.1, 0.15) is 26.3 Å². The fourth-order valence-electron chi connectivity index (χ4n) is 3.12. The van der Waals surface area contributed by atoms with Gasteiger partial charge in [0.05, 0.1) is 17.0 Å². The third kappa shape index (κ3) is 8.01. The highest BCUT2D eigenvalue weighted by Gasteiger charge is 2.30. The van der Waals surface area contributed by atoms with Gasteiger partial charge in [-0.3, -0.25) is 13.9 Å². The summed E-state index contributed by atoms with van der Waals surface area (Å²) >= 11 is 9.63. The number of hydrogen-bond donors (Lipinski definition) is 1. The molecule has 0 aliphatic heterocycles. The fourth-order valence-corrected chi connectivity index (χ4v) is 4.71. The zero-order chi connectivity index (χ0) is 24.8. The van der Waals surface area contributed by atoms with Crippen molar-refractivity contribution in [2.75, 3.05) is 23.7 Å². The SMILES string of the molecule is CC(C)CNC(=O)[C@H](C)N(Cc1cccc(Br)c1)C(=O)CN(c1ccccc1Cl)S(C)(=O)=O. The smallest absolute Gasteiger partial charge is 0.244 e. The van der Waals surface area contributed by atoms with Crippen LogP contribution in [0.3, 0.4) is 0 Å². The largest absolute Gasteiger partial charge is 0.354 e. The minimum Gasteiger partial charge on any atom is -0.354 e. The van der Waals surface area contributed by atoms with Gasteiger partial charge in [0.1, 0.15) is 12.6 Å². The monoisotopic (exact) mass is 557 g/mol. The fraction of sp³-hybridized carbons (Fsp3) is 0.391. The molecule has 180 valence electrons. The molecule has 10 heteroatoms. The second-order valence-electron chi connectivity index (χ2n) is 8.19. The molecule has 0 aromatic heterocycles. The standard InChI is InChI=1S/C23H29BrClN3O4S/c1-16(2)13-26-23(30)17(3)27(14-18-8-7-9-19(24)12-18)22(29)15-28(33(4,31)32)21-11-6-5-10-20(21)25/h5-12,16-17H,13-15H2,1-4H3,(H,26,30)/t17-/m0/s1. The first-order valence-electron chi connectivity index (χ1n) is 10.4. The van der Waals surface area contributed by atoms with E-state index >= 15 is 0 Å². The summed E-state index contributed by atoms with van der Waals surface area (Å²) in [5, 5.41) is 3.05. The molecule has 2 aromatic carbocycles. The van der Waals surface area contributed by atoms with Gasteiger partial charge in [-0.1, -0.05) is 65.6 Å². The molecule has 33 heavy (non-hydrogen) atoms. The van der Waals surface area contributed by atoms with Gasteiger partial charge < -0.3 is 10.2 Å². The molecular formula is C23H29BrClN3O4S. The molecule has 0 bridgehead atoms. The number of sulfonamides is 1. The number of rotatable bonds is 10. The predicted molar refractivity (Wildman–Crippen MR) is 136 cm³/mol. The third-order valence-electron chi connectivity index (χ3n) is 4.89. The van der Waals surface area contributed by atoms with Crippen LogP contribution >= 0.6 is 27.5 Å². The molecule has 0 saturated carbocycles. The maximum absolute atomic E-state index is 13.4. The van der Waals surface area contributed by atoms with E-state index in [4.69, 9.17) is 11.6 Å². The van der Waals surface area contributed by atoms with Gasteiger partial charge in [0, 0.05) is 17.6 Å². The summed E-state index contributed by atoms with van der Waals surface area (Å²) in [4.78, 5) is 27.6. The van der Waals surface area contributed by atoms with Crippen molar-refractivity contribution in [2.24, 2.45) is 5.92 Å². The number of hydrogen-bond acceptors (Lipinski definition) is 4. The Labute approximate surface area is 209 Å². The molecule has 0 spiro atoms. The lowest BCUT2D eigenvalue weighted by atomic mass is 10.1. The van der Waals surface area contributed by atoms with Crippen LogP contribution in [-0.4, -0.2) is 50.5 Å². The maximum Gasteiger partial charge on any atom is 0.244 e. The van der Waals surface area contributed by atoms with Crippen LogP contribution < -0.4 is 9.62 Å². The summed E-state index contributed by atoms with van der Waals surface area (Å²) in [6, 6.07) is 13.0. The molecule has 0 fully saturated rings. The molecular weight excluding hydrogens is 530 g/mol. The highest BCUT2D eigenvalue weighted by molar-refractivity contribution is 9.10. The van der Waals surface area contributed by atoms with Crippen LogP contribution in [0, 0.1) is 5.92 Å². The summed E-state index contributed by atoms with van der Waals surface area (Å²) in [5.74, 6) is -0.584. The van der Waals surface area contributed by atoms with E-state index in [1.54, 1.807) is 25.1 Å². The first-order valence-corrected chi connectivity index (χ1v) is 13.5. The summed E-state index contributed by atoms with van der Waals surface area (Å²) in [6.07, 6.45) is 1.01. The summed E-state index contributed by atoms with van der Waals surface area (Å²) in [5.41, 5.74) is 0.999. The predicted octanol–water partition coefficient (Wildman–Crippen LogP) is 4.06. The summed E-state index contributed by atoms with van der Waals surface area (Å²) in [6.45, 7) is 5.70. The van der Waals surface area contributed by atoms with E-state index in [-0.39, 0.29) is 29.1 Å². The van der Waals surface area contributed by atoms with E-state index in [0.717, 1.165) is 20.6 Å². The molecule has 2 amide bonds. The first-order chi connectivity index (χ1) is 15.4. The molecule has 0 heterocycles. The Balaban J connectivity index is 2.38. The molecule has 1 N–H and O–H groups in total. The van der Waals surface area contributed by atoms with E-state index in [0.29, 0.717) is 6.54 Å². The Hall–Kier alpha value is -2.10. The van der Waals surface area contributed by atoms with Crippen molar-refractivity contribution in [3.63, 3.8) is 0 Å². The molecule has 0 aliphatic carbocycles. The van der Waals surface area contributed by atoms with Crippen LogP contribution in [0.25, 0.3) is 0 Å². The Morgan fingerprint density at radius 1 is 1.09 bits per heavy atom. The van der Waals surface area contributed by atoms with E-state index in [9.17, 15) is 18.0 Å². The van der Waals surface area contributed by atoms with Crippen LogP contribution in [0.15, 0.2) is 53.0 Å². The number of carbonyl (C=O) groups is 2. The number of para-hydroxylation sites is 1. The van der Waals surface area contributed by atoms with Crippen LogP contribution in [0.5, 0.6) is 0 Å². The number of anilines is 1. The van der Waals surface area contributed by atoms with Gasteiger partial charge >= 0.3 is 0 Å². The van der Waals surface area contributed by atoms with Gasteiger partial charge in [0.2, 0.25) is 21.8 Å². The van der Waals surface area contributed by atoms with Gasteiger partial charge in [-0.15, -0.1) is 0 Å². The Kier molecular flexibility index (Phi) is 9.75. The first kappa shape index (κ1) is 27.1. The van der Waals surface area contributed by atoms with Gasteiger partial charge in [-0.2, -0.15) is 0 Å². The number of nitrogens with zero attached hydrogens (tertiary/aromatic N) is 2. The number of carbonyl (C=O) groups excluding carboxylic acids is 2. The summed E-state index contributed by atoms with van der Waals surface area (Å²) in [7, 11) is -3.82. The van der Waals surface area contributed by atoms with Crippen molar-refractivity contribution in [1.29, 1.82) is 0 Å². The molecule has 0 radical (unpaired) electrons. The highest BCUT2D eigenvalue weighted by Crippen LogP contribution is 2.27. The minimum atomic E-state index is -3.82. The van der Waals surface area contributed by atoms with Crippen molar-refractivity contribution in [2.45, 2.75) is 33.4 Å².